The number of amides is 2. The SMILES string of the molecule is Cc1cccc(OC2CC(C(=O)NO)C(C(=O)N3CCN(c4ccccc4)CC3)N(C)C2)c1. The predicted molar refractivity (Wildman–Crippen MR) is 125 cm³/mol. The third kappa shape index (κ3) is 5.29. The lowest BCUT2D eigenvalue weighted by atomic mass is 9.86. The van der Waals surface area contributed by atoms with E-state index in [1.54, 1.807) is 5.48 Å². The number of nitrogens with zero attached hydrogens (tertiary/aromatic N) is 3. The van der Waals surface area contributed by atoms with Crippen LogP contribution in [-0.4, -0.2) is 78.7 Å². The Balaban J connectivity index is 1.43. The second-order valence-corrected chi connectivity index (χ2v) is 8.91. The topological polar surface area (TPSA) is 85.3 Å². The summed E-state index contributed by atoms with van der Waals surface area (Å²) in [6, 6.07) is 17.3. The smallest absolute Gasteiger partial charge is 0.248 e. The second kappa shape index (κ2) is 10.2. The van der Waals surface area contributed by atoms with Gasteiger partial charge in [0.25, 0.3) is 0 Å². The van der Waals surface area contributed by atoms with Crippen molar-refractivity contribution in [3.05, 3.63) is 60.2 Å². The first kappa shape index (κ1) is 23.1. The number of likely N-dealkylation sites (N-methyl/N-ethyl adjacent to an activating group) is 1. The minimum Gasteiger partial charge on any atom is -0.489 e. The zero-order valence-electron chi connectivity index (χ0n) is 19.2. The molecule has 2 aliphatic heterocycles. The molecule has 2 fully saturated rings. The molecular weight excluding hydrogens is 420 g/mol. The lowest BCUT2D eigenvalue weighted by Gasteiger charge is -2.44. The van der Waals surface area contributed by atoms with Gasteiger partial charge in [0, 0.05) is 38.4 Å². The van der Waals surface area contributed by atoms with Gasteiger partial charge in [-0.2, -0.15) is 0 Å². The number of hydroxylamine groups is 1. The Morgan fingerprint density at radius 1 is 1.03 bits per heavy atom. The number of anilines is 1. The van der Waals surface area contributed by atoms with Crippen molar-refractivity contribution in [2.45, 2.75) is 25.5 Å². The number of piperazine rings is 1. The van der Waals surface area contributed by atoms with Crippen molar-refractivity contribution in [3.63, 3.8) is 0 Å². The summed E-state index contributed by atoms with van der Waals surface area (Å²) in [5, 5.41) is 9.37. The summed E-state index contributed by atoms with van der Waals surface area (Å²) in [5.41, 5.74) is 4.00. The molecule has 0 spiro atoms. The number of hydrogen-bond donors (Lipinski definition) is 2. The molecule has 0 bridgehead atoms. The fourth-order valence-corrected chi connectivity index (χ4v) is 4.90. The summed E-state index contributed by atoms with van der Waals surface area (Å²) >= 11 is 0. The maximum absolute atomic E-state index is 13.5. The summed E-state index contributed by atoms with van der Waals surface area (Å²) in [5.74, 6) is -0.602. The molecule has 2 aromatic carbocycles. The van der Waals surface area contributed by atoms with Gasteiger partial charge in [0.1, 0.15) is 17.9 Å². The van der Waals surface area contributed by atoms with Gasteiger partial charge in [-0.25, -0.2) is 5.48 Å². The molecule has 8 nitrogen and oxygen atoms in total. The van der Waals surface area contributed by atoms with Crippen LogP contribution in [0.25, 0.3) is 0 Å². The van der Waals surface area contributed by atoms with Crippen LogP contribution in [0.4, 0.5) is 5.69 Å². The quantitative estimate of drug-likeness (QED) is 0.533. The number of para-hydroxylation sites is 1. The van der Waals surface area contributed by atoms with E-state index in [0.29, 0.717) is 26.1 Å². The molecule has 2 aromatic rings. The minimum atomic E-state index is -0.705. The highest BCUT2D eigenvalue weighted by Crippen LogP contribution is 2.29. The van der Waals surface area contributed by atoms with E-state index in [0.717, 1.165) is 30.1 Å². The van der Waals surface area contributed by atoms with Crippen molar-refractivity contribution >= 4 is 17.5 Å². The first-order valence-corrected chi connectivity index (χ1v) is 11.4. The van der Waals surface area contributed by atoms with Gasteiger partial charge in [-0.15, -0.1) is 0 Å². The Morgan fingerprint density at radius 2 is 1.76 bits per heavy atom. The fraction of sp³-hybridized carbons (Fsp3) is 0.440. The molecule has 2 amide bonds. The van der Waals surface area contributed by atoms with Crippen LogP contribution in [0.5, 0.6) is 5.75 Å². The second-order valence-electron chi connectivity index (χ2n) is 8.91. The van der Waals surface area contributed by atoms with E-state index in [1.165, 1.54) is 0 Å². The van der Waals surface area contributed by atoms with Crippen LogP contribution in [0.15, 0.2) is 54.6 Å². The number of piperidine rings is 1. The van der Waals surface area contributed by atoms with Gasteiger partial charge in [0.15, 0.2) is 0 Å². The molecule has 3 atom stereocenters. The van der Waals surface area contributed by atoms with E-state index < -0.39 is 17.9 Å². The molecule has 2 N–H and O–H groups in total. The molecule has 176 valence electrons. The largest absolute Gasteiger partial charge is 0.489 e. The Morgan fingerprint density at radius 3 is 2.42 bits per heavy atom. The van der Waals surface area contributed by atoms with Crippen molar-refractivity contribution in [1.29, 1.82) is 0 Å². The summed E-state index contributed by atoms with van der Waals surface area (Å²) in [7, 11) is 1.84. The lowest BCUT2D eigenvalue weighted by Crippen LogP contribution is -2.62. The molecule has 2 aliphatic rings. The van der Waals surface area contributed by atoms with Gasteiger partial charge in [0.2, 0.25) is 11.8 Å². The molecule has 33 heavy (non-hydrogen) atoms. The molecule has 0 aliphatic carbocycles. The van der Waals surface area contributed by atoms with Crippen LogP contribution in [0.2, 0.25) is 0 Å². The Labute approximate surface area is 194 Å². The van der Waals surface area contributed by atoms with Crippen LogP contribution in [0.3, 0.4) is 0 Å². The number of hydrogen-bond acceptors (Lipinski definition) is 6. The molecule has 2 heterocycles. The van der Waals surface area contributed by atoms with Crippen LogP contribution < -0.4 is 15.1 Å². The van der Waals surface area contributed by atoms with Gasteiger partial charge < -0.3 is 14.5 Å². The third-order valence-electron chi connectivity index (χ3n) is 6.57. The molecule has 8 heteroatoms. The molecule has 3 unspecified atom stereocenters. The molecular formula is C25H32N4O4. The first-order valence-electron chi connectivity index (χ1n) is 11.4. The van der Waals surface area contributed by atoms with Crippen LogP contribution in [0, 0.1) is 12.8 Å². The van der Waals surface area contributed by atoms with Crippen LogP contribution in [-0.2, 0) is 9.59 Å². The zero-order valence-corrected chi connectivity index (χ0v) is 19.2. The average molecular weight is 453 g/mol. The monoisotopic (exact) mass is 452 g/mol. The summed E-state index contributed by atoms with van der Waals surface area (Å²) < 4.78 is 6.13. The molecule has 0 aromatic heterocycles. The Hall–Kier alpha value is -3.10. The van der Waals surface area contributed by atoms with E-state index in [4.69, 9.17) is 4.74 Å². The third-order valence-corrected chi connectivity index (χ3v) is 6.57. The number of benzene rings is 2. The van der Waals surface area contributed by atoms with Crippen molar-refractivity contribution in [1.82, 2.24) is 15.3 Å². The molecule has 4 rings (SSSR count). The zero-order chi connectivity index (χ0) is 23.4. The Bertz CT molecular complexity index is 962. The van der Waals surface area contributed by atoms with E-state index in [-0.39, 0.29) is 12.0 Å². The minimum absolute atomic E-state index is 0.0761. The van der Waals surface area contributed by atoms with Gasteiger partial charge in [-0.3, -0.25) is 19.7 Å². The number of rotatable bonds is 5. The van der Waals surface area contributed by atoms with E-state index in [9.17, 15) is 14.8 Å². The predicted octanol–water partition coefficient (Wildman–Crippen LogP) is 1.92. The summed E-state index contributed by atoms with van der Waals surface area (Å²) in [6.45, 7) is 5.17. The molecule has 0 saturated carbocycles. The van der Waals surface area contributed by atoms with E-state index in [2.05, 4.69) is 17.0 Å². The van der Waals surface area contributed by atoms with Crippen molar-refractivity contribution in [2.24, 2.45) is 5.92 Å². The van der Waals surface area contributed by atoms with E-state index in [1.807, 2.05) is 66.2 Å². The highest BCUT2D eigenvalue weighted by molar-refractivity contribution is 5.90. The highest BCUT2D eigenvalue weighted by Gasteiger charge is 2.45. The van der Waals surface area contributed by atoms with Gasteiger partial charge in [0.05, 0.1) is 5.92 Å². The number of ether oxygens (including phenoxy) is 1. The number of aryl methyl sites for hydroxylation is 1. The lowest BCUT2D eigenvalue weighted by molar-refractivity contribution is -0.151. The maximum atomic E-state index is 13.5. The van der Waals surface area contributed by atoms with Crippen molar-refractivity contribution in [3.8, 4) is 5.75 Å². The number of likely N-dealkylation sites (tertiary alicyclic amines) is 1. The van der Waals surface area contributed by atoms with Crippen LogP contribution >= 0.6 is 0 Å². The van der Waals surface area contributed by atoms with Crippen molar-refractivity contribution < 1.29 is 19.5 Å². The normalized spacial score (nSPS) is 23.8. The Kier molecular flexibility index (Phi) is 7.15. The highest BCUT2D eigenvalue weighted by atomic mass is 16.5. The fourth-order valence-electron chi connectivity index (χ4n) is 4.90. The summed E-state index contributed by atoms with van der Waals surface area (Å²) in [4.78, 5) is 32.1. The first-order chi connectivity index (χ1) is 16.0. The molecule has 2 saturated heterocycles. The van der Waals surface area contributed by atoms with Gasteiger partial charge in [-0.05, 0) is 50.2 Å². The van der Waals surface area contributed by atoms with Gasteiger partial charge >= 0.3 is 0 Å². The van der Waals surface area contributed by atoms with E-state index >= 15 is 0 Å². The maximum Gasteiger partial charge on any atom is 0.248 e. The summed E-state index contributed by atoms with van der Waals surface area (Å²) in [6.07, 6.45) is 0.0866. The average Bonchev–Trinajstić information content (AvgIpc) is 2.83. The number of carbonyl (C=O) groups is 2. The van der Waals surface area contributed by atoms with Gasteiger partial charge in [-0.1, -0.05) is 30.3 Å². The number of nitrogens with one attached hydrogen (secondary N) is 1. The van der Waals surface area contributed by atoms with Crippen molar-refractivity contribution in [2.75, 3.05) is 44.7 Å². The number of carbonyl (C=O) groups excluding carboxylic acids is 2. The van der Waals surface area contributed by atoms with Crippen LogP contribution in [0.1, 0.15) is 12.0 Å². The molecule has 0 radical (unpaired) electrons. The standard InChI is InChI=1S/C25H32N4O4/c1-18-7-6-10-20(15-18)33-21-16-22(24(30)26-32)23(27(2)17-21)25(31)29-13-11-28(12-14-29)19-8-4-3-5-9-19/h3-10,15,21-23,32H,11-14,16-17H2,1-2H3,(H,26,30).